The van der Waals surface area contributed by atoms with Gasteiger partial charge in [-0.1, -0.05) is 63.0 Å². The van der Waals surface area contributed by atoms with Gasteiger partial charge in [-0.3, -0.25) is 0 Å². The van der Waals surface area contributed by atoms with Gasteiger partial charge in [-0.25, -0.2) is 0 Å². The van der Waals surface area contributed by atoms with Gasteiger partial charge in [0.15, 0.2) is 0 Å². The van der Waals surface area contributed by atoms with Crippen molar-refractivity contribution in [3.05, 3.63) is 69.2 Å². The summed E-state index contributed by atoms with van der Waals surface area (Å²) in [6.07, 6.45) is 1.68. The molecule has 0 saturated heterocycles. The lowest BCUT2D eigenvalue weighted by molar-refractivity contribution is 0.132. The summed E-state index contributed by atoms with van der Waals surface area (Å²) in [6, 6.07) is 15.3. The lowest BCUT2D eigenvalue weighted by Crippen LogP contribution is -1.88. The van der Waals surface area contributed by atoms with Crippen molar-refractivity contribution in [2.24, 2.45) is 5.16 Å². The highest BCUT2D eigenvalue weighted by molar-refractivity contribution is 9.10. The Balaban J connectivity index is 1.89. The van der Waals surface area contributed by atoms with Crippen LogP contribution < -0.4 is 0 Å². The van der Waals surface area contributed by atoms with Crippen molar-refractivity contribution in [3.8, 4) is 0 Å². The fraction of sp³-hybridized carbons (Fsp3) is 0.0714. The maximum atomic E-state index is 5.79. The molecule has 2 aromatic carbocycles. The number of hydrogen-bond donors (Lipinski definition) is 0. The second-order valence-corrected chi connectivity index (χ2v) is 4.95. The molecular formula is C14H11BrClNO. The molecule has 0 aliphatic rings. The molecule has 2 rings (SSSR count). The summed E-state index contributed by atoms with van der Waals surface area (Å²) < 4.78 is 0.990. The fourth-order valence-electron chi connectivity index (χ4n) is 1.37. The molecule has 0 heterocycles. The summed E-state index contributed by atoms with van der Waals surface area (Å²) in [5.74, 6) is 0. The molecule has 0 aromatic heterocycles. The molecule has 0 aliphatic heterocycles. The Hall–Kier alpha value is -1.32. The lowest BCUT2D eigenvalue weighted by Gasteiger charge is -2.00. The standard InChI is InChI=1S/C14H11BrClNO/c15-14-4-2-1-3-12(14)9-17-18-10-11-5-7-13(16)8-6-11/h1-9H,10H2. The number of halogens is 2. The van der Waals surface area contributed by atoms with E-state index in [1.54, 1.807) is 6.21 Å². The third-order valence-corrected chi connectivity index (χ3v) is 3.29. The Kier molecular flexibility index (Phi) is 4.79. The monoisotopic (exact) mass is 323 g/mol. The number of oxime groups is 1. The van der Waals surface area contributed by atoms with E-state index in [9.17, 15) is 0 Å². The number of rotatable bonds is 4. The van der Waals surface area contributed by atoms with Gasteiger partial charge in [0, 0.05) is 15.1 Å². The highest BCUT2D eigenvalue weighted by Gasteiger charge is 1.95. The van der Waals surface area contributed by atoms with Crippen LogP contribution in [0.4, 0.5) is 0 Å². The zero-order valence-corrected chi connectivity index (χ0v) is 11.9. The number of nitrogens with zero attached hydrogens (tertiary/aromatic N) is 1. The van der Waals surface area contributed by atoms with E-state index < -0.39 is 0 Å². The van der Waals surface area contributed by atoms with E-state index in [4.69, 9.17) is 16.4 Å². The second-order valence-electron chi connectivity index (χ2n) is 3.66. The summed E-state index contributed by atoms with van der Waals surface area (Å²) in [7, 11) is 0. The normalized spacial score (nSPS) is 10.8. The molecule has 0 fully saturated rings. The predicted molar refractivity (Wildman–Crippen MR) is 78.0 cm³/mol. The maximum Gasteiger partial charge on any atom is 0.142 e. The lowest BCUT2D eigenvalue weighted by atomic mass is 10.2. The first-order chi connectivity index (χ1) is 8.75. The average molecular weight is 325 g/mol. The molecule has 0 atom stereocenters. The van der Waals surface area contributed by atoms with Gasteiger partial charge in [0.25, 0.3) is 0 Å². The molecule has 4 heteroatoms. The molecule has 18 heavy (non-hydrogen) atoms. The van der Waals surface area contributed by atoms with E-state index in [0.717, 1.165) is 20.6 Å². The quantitative estimate of drug-likeness (QED) is 0.592. The van der Waals surface area contributed by atoms with Crippen molar-refractivity contribution < 1.29 is 4.84 Å². The van der Waals surface area contributed by atoms with Gasteiger partial charge < -0.3 is 4.84 Å². The molecule has 0 amide bonds. The third-order valence-electron chi connectivity index (χ3n) is 2.32. The molecular weight excluding hydrogens is 314 g/mol. The number of hydrogen-bond acceptors (Lipinski definition) is 2. The van der Waals surface area contributed by atoms with Crippen molar-refractivity contribution in [2.45, 2.75) is 6.61 Å². The van der Waals surface area contributed by atoms with Gasteiger partial charge in [-0.2, -0.15) is 0 Å². The molecule has 2 nitrogen and oxygen atoms in total. The second kappa shape index (κ2) is 6.57. The SMILES string of the molecule is Clc1ccc(CON=Cc2ccccc2Br)cc1. The fourth-order valence-corrected chi connectivity index (χ4v) is 1.88. The first kappa shape index (κ1) is 13.1. The van der Waals surface area contributed by atoms with Crippen molar-refractivity contribution in [3.63, 3.8) is 0 Å². The molecule has 0 spiro atoms. The Morgan fingerprint density at radius 1 is 1.11 bits per heavy atom. The minimum Gasteiger partial charge on any atom is -0.391 e. The Bertz CT molecular complexity index is 540. The number of benzene rings is 2. The van der Waals surface area contributed by atoms with Crippen molar-refractivity contribution in [1.29, 1.82) is 0 Å². The van der Waals surface area contributed by atoms with Gasteiger partial charge >= 0.3 is 0 Å². The maximum absolute atomic E-state index is 5.79. The van der Waals surface area contributed by atoms with Gasteiger partial charge in [0.1, 0.15) is 6.61 Å². The Labute approximate surface area is 119 Å². The minimum absolute atomic E-state index is 0.429. The Morgan fingerprint density at radius 3 is 2.56 bits per heavy atom. The molecule has 0 radical (unpaired) electrons. The van der Waals surface area contributed by atoms with Crippen LogP contribution in [0.1, 0.15) is 11.1 Å². The van der Waals surface area contributed by atoms with E-state index in [1.165, 1.54) is 0 Å². The third kappa shape index (κ3) is 3.86. The summed E-state index contributed by atoms with van der Waals surface area (Å²) in [6.45, 7) is 0.429. The Morgan fingerprint density at radius 2 is 1.83 bits per heavy atom. The largest absolute Gasteiger partial charge is 0.391 e. The van der Waals surface area contributed by atoms with E-state index in [1.807, 2.05) is 48.5 Å². The van der Waals surface area contributed by atoms with Gasteiger partial charge in [0.05, 0.1) is 6.21 Å². The molecule has 92 valence electrons. The van der Waals surface area contributed by atoms with Crippen molar-refractivity contribution in [1.82, 2.24) is 0 Å². The summed E-state index contributed by atoms with van der Waals surface area (Å²) in [4.78, 5) is 5.22. The van der Waals surface area contributed by atoms with Crippen LogP contribution in [0.2, 0.25) is 5.02 Å². The zero-order chi connectivity index (χ0) is 12.8. The minimum atomic E-state index is 0.429. The summed E-state index contributed by atoms with van der Waals surface area (Å²) in [5.41, 5.74) is 2.01. The van der Waals surface area contributed by atoms with Crippen LogP contribution >= 0.6 is 27.5 Å². The molecule has 0 N–H and O–H groups in total. The van der Waals surface area contributed by atoms with Gasteiger partial charge in [-0.05, 0) is 23.8 Å². The van der Waals surface area contributed by atoms with Crippen LogP contribution in [0.3, 0.4) is 0 Å². The smallest absolute Gasteiger partial charge is 0.142 e. The van der Waals surface area contributed by atoms with Gasteiger partial charge in [-0.15, -0.1) is 0 Å². The summed E-state index contributed by atoms with van der Waals surface area (Å²) >= 11 is 9.23. The van der Waals surface area contributed by atoms with Gasteiger partial charge in [0.2, 0.25) is 0 Å². The van der Waals surface area contributed by atoms with Crippen LogP contribution in [-0.2, 0) is 11.4 Å². The molecule has 0 unspecified atom stereocenters. The molecule has 2 aromatic rings. The highest BCUT2D eigenvalue weighted by Crippen LogP contribution is 2.14. The van der Waals surface area contributed by atoms with E-state index in [-0.39, 0.29) is 0 Å². The molecule has 0 bridgehead atoms. The highest BCUT2D eigenvalue weighted by atomic mass is 79.9. The van der Waals surface area contributed by atoms with Crippen LogP contribution in [0.15, 0.2) is 58.2 Å². The van der Waals surface area contributed by atoms with Crippen molar-refractivity contribution >= 4 is 33.7 Å². The van der Waals surface area contributed by atoms with E-state index >= 15 is 0 Å². The van der Waals surface area contributed by atoms with E-state index in [2.05, 4.69) is 21.1 Å². The summed E-state index contributed by atoms with van der Waals surface area (Å²) in [5, 5.41) is 4.65. The first-order valence-corrected chi connectivity index (χ1v) is 6.57. The topological polar surface area (TPSA) is 21.6 Å². The van der Waals surface area contributed by atoms with Crippen LogP contribution in [0, 0.1) is 0 Å². The average Bonchev–Trinajstić information content (AvgIpc) is 2.39. The zero-order valence-electron chi connectivity index (χ0n) is 9.51. The van der Waals surface area contributed by atoms with Crippen LogP contribution in [0.25, 0.3) is 0 Å². The molecule has 0 saturated carbocycles. The predicted octanol–water partition coefficient (Wildman–Crippen LogP) is 4.65. The first-order valence-electron chi connectivity index (χ1n) is 5.40. The van der Waals surface area contributed by atoms with Crippen LogP contribution in [-0.4, -0.2) is 6.21 Å². The van der Waals surface area contributed by atoms with Crippen LogP contribution in [0.5, 0.6) is 0 Å². The van der Waals surface area contributed by atoms with Crippen molar-refractivity contribution in [2.75, 3.05) is 0 Å². The molecule has 0 aliphatic carbocycles. The van der Waals surface area contributed by atoms with E-state index in [0.29, 0.717) is 6.61 Å².